The fourth-order valence-electron chi connectivity index (χ4n) is 1.50. The zero-order valence-electron chi connectivity index (χ0n) is 10.4. The van der Waals surface area contributed by atoms with Gasteiger partial charge in [0.1, 0.15) is 18.2 Å². The van der Waals surface area contributed by atoms with Gasteiger partial charge in [-0.1, -0.05) is 29.5 Å². The molecule has 0 aliphatic carbocycles. The fourth-order valence-corrected chi connectivity index (χ4v) is 1.77. The highest BCUT2D eigenvalue weighted by Gasteiger charge is 2.02. The second-order valence-electron chi connectivity index (χ2n) is 3.88. The number of hydrogen-bond donors (Lipinski definition) is 0. The molecule has 5 heteroatoms. The number of hydrogen-bond acceptors (Lipinski definition) is 2. The summed E-state index contributed by atoms with van der Waals surface area (Å²) in [5, 5.41) is 0.0750. The highest BCUT2D eigenvalue weighted by Crippen LogP contribution is 2.18. The maximum absolute atomic E-state index is 13.0. The molecule has 0 atom stereocenters. The maximum atomic E-state index is 13.0. The lowest BCUT2D eigenvalue weighted by molar-refractivity contribution is 0.305. The average Bonchev–Trinajstić information content (AvgIpc) is 2.47. The Balaban J connectivity index is 2.05. The van der Waals surface area contributed by atoms with E-state index in [9.17, 15) is 4.39 Å². The van der Waals surface area contributed by atoms with E-state index in [1.165, 1.54) is 12.1 Å². The molecule has 0 aliphatic heterocycles. The molecule has 0 N–H and O–H groups in total. The molecule has 102 valence electrons. The molecule has 2 aromatic rings. The first-order chi connectivity index (χ1) is 9.69. The van der Waals surface area contributed by atoms with Crippen molar-refractivity contribution >= 4 is 23.2 Å². The maximum Gasteiger partial charge on any atom is 0.141 e. The molecular formula is C15H10Cl2FNO. The Morgan fingerprint density at radius 3 is 2.85 bits per heavy atom. The monoisotopic (exact) mass is 309 g/mol. The number of alkyl halides is 1. The Morgan fingerprint density at radius 1 is 1.25 bits per heavy atom. The summed E-state index contributed by atoms with van der Waals surface area (Å²) < 4.78 is 18.6. The molecule has 0 fully saturated rings. The summed E-state index contributed by atoms with van der Waals surface area (Å²) in [6.07, 6.45) is 3.21. The number of benzene rings is 1. The van der Waals surface area contributed by atoms with Crippen molar-refractivity contribution in [2.24, 2.45) is 0 Å². The van der Waals surface area contributed by atoms with Gasteiger partial charge in [0.05, 0.1) is 17.1 Å². The van der Waals surface area contributed by atoms with E-state index in [4.69, 9.17) is 27.9 Å². The summed E-state index contributed by atoms with van der Waals surface area (Å²) in [4.78, 5) is 4.02. The molecule has 0 saturated heterocycles. The summed E-state index contributed by atoms with van der Waals surface area (Å²) in [7, 11) is 0. The van der Waals surface area contributed by atoms with Crippen molar-refractivity contribution in [1.29, 1.82) is 0 Å². The van der Waals surface area contributed by atoms with Crippen molar-refractivity contribution in [2.75, 3.05) is 5.88 Å². The van der Waals surface area contributed by atoms with Gasteiger partial charge in [0.25, 0.3) is 0 Å². The quantitative estimate of drug-likeness (QED) is 0.630. The second kappa shape index (κ2) is 7.14. The summed E-state index contributed by atoms with van der Waals surface area (Å²) in [6, 6.07) is 6.21. The third kappa shape index (κ3) is 4.12. The van der Waals surface area contributed by atoms with Crippen LogP contribution < -0.4 is 4.74 Å². The third-order valence-electron chi connectivity index (χ3n) is 2.40. The van der Waals surface area contributed by atoms with Crippen LogP contribution in [0.3, 0.4) is 0 Å². The summed E-state index contributed by atoms with van der Waals surface area (Å²) in [5.41, 5.74) is 1.49. The normalized spacial score (nSPS) is 9.75. The van der Waals surface area contributed by atoms with Crippen LogP contribution in [0.1, 0.15) is 11.1 Å². The average molecular weight is 310 g/mol. The molecule has 0 unspecified atom stereocenters. The van der Waals surface area contributed by atoms with Gasteiger partial charge in [-0.25, -0.2) is 4.39 Å². The molecule has 1 aromatic carbocycles. The Kier molecular flexibility index (Phi) is 5.23. The third-order valence-corrected chi connectivity index (χ3v) is 2.83. The predicted molar refractivity (Wildman–Crippen MR) is 77.6 cm³/mol. The van der Waals surface area contributed by atoms with E-state index < -0.39 is 5.82 Å². The lowest BCUT2D eigenvalue weighted by atomic mass is 10.2. The molecule has 20 heavy (non-hydrogen) atoms. The van der Waals surface area contributed by atoms with Crippen LogP contribution in [-0.2, 0) is 6.61 Å². The lowest BCUT2D eigenvalue weighted by Crippen LogP contribution is -1.97. The van der Waals surface area contributed by atoms with Gasteiger partial charge in [-0.2, -0.15) is 0 Å². The van der Waals surface area contributed by atoms with Gasteiger partial charge in [-0.05, 0) is 23.8 Å². The fraction of sp³-hybridized carbons (Fsp3) is 0.133. The summed E-state index contributed by atoms with van der Waals surface area (Å²) in [6.45, 7) is 0.272. The van der Waals surface area contributed by atoms with Crippen molar-refractivity contribution in [1.82, 2.24) is 4.98 Å². The first-order valence-electron chi connectivity index (χ1n) is 5.75. The van der Waals surface area contributed by atoms with Gasteiger partial charge in [-0.3, -0.25) is 4.98 Å². The van der Waals surface area contributed by atoms with Gasteiger partial charge in [0.15, 0.2) is 0 Å². The first-order valence-corrected chi connectivity index (χ1v) is 6.67. The first kappa shape index (κ1) is 14.6. The molecule has 0 spiro atoms. The van der Waals surface area contributed by atoms with Crippen molar-refractivity contribution in [3.63, 3.8) is 0 Å². The van der Waals surface area contributed by atoms with Crippen molar-refractivity contribution < 1.29 is 9.13 Å². The number of halogens is 3. The number of ether oxygens (including phenoxy) is 1. The van der Waals surface area contributed by atoms with E-state index in [1.807, 2.05) is 0 Å². The molecular weight excluding hydrogens is 300 g/mol. The van der Waals surface area contributed by atoms with E-state index in [0.29, 0.717) is 5.75 Å². The van der Waals surface area contributed by atoms with Gasteiger partial charge >= 0.3 is 0 Å². The topological polar surface area (TPSA) is 22.1 Å². The van der Waals surface area contributed by atoms with Crippen LogP contribution in [0.15, 0.2) is 36.7 Å². The van der Waals surface area contributed by atoms with Gasteiger partial charge in [-0.15, -0.1) is 11.6 Å². The van der Waals surface area contributed by atoms with E-state index in [1.54, 1.807) is 24.5 Å². The Bertz CT molecular complexity index is 664. The number of pyridine rings is 1. The number of nitrogens with zero attached hydrogens (tertiary/aromatic N) is 1. The SMILES string of the molecule is Fc1ccc(COc2cncc(C#CCCl)c2)cc1Cl. The molecule has 0 radical (unpaired) electrons. The van der Waals surface area contributed by atoms with Crippen LogP contribution >= 0.6 is 23.2 Å². The van der Waals surface area contributed by atoms with Crippen LogP contribution in [0, 0.1) is 17.7 Å². The zero-order valence-corrected chi connectivity index (χ0v) is 11.9. The van der Waals surface area contributed by atoms with Crippen LogP contribution in [0.4, 0.5) is 4.39 Å². The van der Waals surface area contributed by atoms with Gasteiger partial charge in [0, 0.05) is 11.8 Å². The smallest absolute Gasteiger partial charge is 0.141 e. The molecule has 0 aliphatic rings. The van der Waals surface area contributed by atoms with Crippen molar-refractivity contribution in [3.05, 3.63) is 58.6 Å². The van der Waals surface area contributed by atoms with Crippen LogP contribution in [-0.4, -0.2) is 10.9 Å². The minimum absolute atomic E-state index is 0.0750. The van der Waals surface area contributed by atoms with Crippen LogP contribution in [0.5, 0.6) is 5.75 Å². The number of rotatable bonds is 3. The number of aromatic nitrogens is 1. The highest BCUT2D eigenvalue weighted by molar-refractivity contribution is 6.30. The Morgan fingerprint density at radius 2 is 2.10 bits per heavy atom. The molecule has 0 saturated carbocycles. The molecule has 2 rings (SSSR count). The van der Waals surface area contributed by atoms with E-state index in [2.05, 4.69) is 16.8 Å². The lowest BCUT2D eigenvalue weighted by Gasteiger charge is -2.06. The highest BCUT2D eigenvalue weighted by atomic mass is 35.5. The molecule has 1 aromatic heterocycles. The van der Waals surface area contributed by atoms with Crippen molar-refractivity contribution in [3.8, 4) is 17.6 Å². The molecule has 0 bridgehead atoms. The van der Waals surface area contributed by atoms with Crippen molar-refractivity contribution in [2.45, 2.75) is 6.61 Å². The second-order valence-corrected chi connectivity index (χ2v) is 4.56. The summed E-state index contributed by atoms with van der Waals surface area (Å²) >= 11 is 11.2. The van der Waals surface area contributed by atoms with Gasteiger partial charge < -0.3 is 4.74 Å². The zero-order chi connectivity index (χ0) is 14.4. The Hall–Kier alpha value is -1.76. The Labute approximate surface area is 126 Å². The van der Waals surface area contributed by atoms with E-state index in [0.717, 1.165) is 11.1 Å². The molecule has 0 amide bonds. The largest absolute Gasteiger partial charge is 0.487 e. The predicted octanol–water partition coefficient (Wildman–Crippen LogP) is 4.04. The van der Waals surface area contributed by atoms with E-state index in [-0.39, 0.29) is 17.5 Å². The minimum Gasteiger partial charge on any atom is -0.487 e. The molecule has 1 heterocycles. The standard InChI is InChI=1S/C15H10Cl2FNO/c16-5-1-2-11-6-13(9-19-8-11)20-10-12-3-4-15(18)14(17)7-12/h3-4,6-9H,5,10H2. The van der Waals surface area contributed by atoms with Gasteiger partial charge in [0.2, 0.25) is 0 Å². The van der Waals surface area contributed by atoms with Crippen LogP contribution in [0.2, 0.25) is 5.02 Å². The van der Waals surface area contributed by atoms with E-state index >= 15 is 0 Å². The molecule has 2 nitrogen and oxygen atoms in total. The summed E-state index contributed by atoms with van der Waals surface area (Å²) in [5.74, 6) is 5.98. The van der Waals surface area contributed by atoms with Crippen LogP contribution in [0.25, 0.3) is 0 Å². The minimum atomic E-state index is -0.449.